The average Bonchev–Trinajstić information content (AvgIpc) is 2.90. The number of benzene rings is 1. The molecule has 0 bridgehead atoms. The third-order valence-corrected chi connectivity index (χ3v) is 6.13. The van der Waals surface area contributed by atoms with Gasteiger partial charge >= 0.3 is 5.97 Å². The summed E-state index contributed by atoms with van der Waals surface area (Å²) in [6.07, 6.45) is -0.404. The van der Waals surface area contributed by atoms with Gasteiger partial charge in [-0.05, 0) is 18.4 Å². The number of carbonyl (C=O) groups excluding carboxylic acids is 5. The van der Waals surface area contributed by atoms with Crippen LogP contribution in [0.15, 0.2) is 35.3 Å². The minimum Gasteiger partial charge on any atom is -0.481 e. The van der Waals surface area contributed by atoms with Crippen LogP contribution in [0.3, 0.4) is 0 Å². The maximum atomic E-state index is 13.2. The van der Waals surface area contributed by atoms with Gasteiger partial charge in [-0.1, -0.05) is 30.3 Å². The molecule has 1 aromatic rings. The molecule has 4 atom stereocenters. The highest BCUT2D eigenvalue weighted by Gasteiger charge is 2.32. The van der Waals surface area contributed by atoms with Crippen molar-refractivity contribution < 1.29 is 33.9 Å². The number of nitrogens with zero attached hydrogens (tertiary/aromatic N) is 1. The lowest BCUT2D eigenvalue weighted by molar-refractivity contribution is -0.141. The van der Waals surface area contributed by atoms with Crippen LogP contribution in [0, 0.1) is 0 Å². The minimum atomic E-state index is -1.55. The van der Waals surface area contributed by atoms with E-state index < -0.39 is 72.6 Å². The number of thiol groups is 1. The van der Waals surface area contributed by atoms with Crippen LogP contribution in [0.2, 0.25) is 0 Å². The molecule has 4 unspecified atom stereocenters. The number of hydrogen-bond donors (Lipinski definition) is 9. The normalized spacial score (nSPS) is 22.8. The Morgan fingerprint density at radius 2 is 1.48 bits per heavy atom. The smallest absolute Gasteiger partial charge is 0.305 e. The molecule has 10 N–H and O–H groups in total. The number of carboxylic acid groups (broad SMARTS) is 1. The molecule has 1 saturated heterocycles. The van der Waals surface area contributed by atoms with Crippen molar-refractivity contribution in [2.75, 3.05) is 18.8 Å². The maximum Gasteiger partial charge on any atom is 0.305 e. The predicted octanol–water partition coefficient (Wildman–Crippen LogP) is -3.24. The van der Waals surface area contributed by atoms with E-state index in [9.17, 15) is 33.9 Å². The number of aliphatic imine (C=N–C) groups is 1. The van der Waals surface area contributed by atoms with Crippen molar-refractivity contribution in [1.82, 2.24) is 26.6 Å². The van der Waals surface area contributed by atoms with Crippen molar-refractivity contribution in [2.24, 2.45) is 16.5 Å². The predicted molar refractivity (Wildman–Crippen MR) is 147 cm³/mol. The van der Waals surface area contributed by atoms with Crippen molar-refractivity contribution in [1.29, 1.82) is 0 Å². The summed E-state index contributed by atoms with van der Waals surface area (Å²) in [5, 5.41) is 21.5. The molecular formula is C24H34N8O7S. The van der Waals surface area contributed by atoms with Gasteiger partial charge < -0.3 is 43.2 Å². The SMILES string of the molecule is NC(N)=NCCCC1NC(=O)CNC(=O)C(CC(=O)O)NC(=O)C(Cc2ccccc2)NC(=O)C(CS)NC1=O. The second-order valence-electron chi connectivity index (χ2n) is 8.94. The first-order valence-electron chi connectivity index (χ1n) is 12.4. The Kier molecular flexibility index (Phi) is 12.7. The lowest BCUT2D eigenvalue weighted by atomic mass is 10.0. The van der Waals surface area contributed by atoms with E-state index in [1.165, 1.54) is 0 Å². The molecule has 218 valence electrons. The molecule has 5 amide bonds. The van der Waals surface area contributed by atoms with E-state index in [0.717, 1.165) is 0 Å². The van der Waals surface area contributed by atoms with Crippen LogP contribution >= 0.6 is 12.6 Å². The fourth-order valence-corrected chi connectivity index (χ4v) is 4.02. The van der Waals surface area contributed by atoms with Gasteiger partial charge in [0.25, 0.3) is 0 Å². The molecule has 2 rings (SSSR count). The molecule has 1 aromatic carbocycles. The number of nitrogens with one attached hydrogen (secondary N) is 5. The largest absolute Gasteiger partial charge is 0.481 e. The van der Waals surface area contributed by atoms with Crippen LogP contribution in [0.1, 0.15) is 24.8 Å². The summed E-state index contributed by atoms with van der Waals surface area (Å²) in [7, 11) is 0. The van der Waals surface area contributed by atoms with E-state index in [2.05, 4.69) is 44.2 Å². The van der Waals surface area contributed by atoms with Crippen LogP contribution in [-0.4, -0.2) is 89.6 Å². The van der Waals surface area contributed by atoms with E-state index in [1.54, 1.807) is 30.3 Å². The quantitative estimate of drug-likeness (QED) is 0.0617. The van der Waals surface area contributed by atoms with Crippen LogP contribution in [-0.2, 0) is 35.2 Å². The molecule has 1 fully saturated rings. The minimum absolute atomic E-state index is 0.000516. The molecule has 40 heavy (non-hydrogen) atoms. The summed E-state index contributed by atoms with van der Waals surface area (Å²) >= 11 is 4.15. The highest BCUT2D eigenvalue weighted by molar-refractivity contribution is 7.80. The third-order valence-electron chi connectivity index (χ3n) is 5.76. The molecule has 1 aliphatic rings. The van der Waals surface area contributed by atoms with Crippen molar-refractivity contribution in [3.8, 4) is 0 Å². The first kappa shape index (κ1) is 31.9. The van der Waals surface area contributed by atoms with E-state index in [-0.39, 0.29) is 31.1 Å². The molecule has 0 spiro atoms. The van der Waals surface area contributed by atoms with Crippen LogP contribution in [0.5, 0.6) is 0 Å². The van der Waals surface area contributed by atoms with E-state index in [1.807, 2.05) is 0 Å². The van der Waals surface area contributed by atoms with Gasteiger partial charge in [0.1, 0.15) is 24.2 Å². The molecule has 0 saturated carbocycles. The number of rotatable bonds is 9. The molecule has 15 nitrogen and oxygen atoms in total. The van der Waals surface area contributed by atoms with Gasteiger partial charge in [0.2, 0.25) is 29.5 Å². The number of hydrogen-bond acceptors (Lipinski definition) is 8. The molecule has 1 heterocycles. The van der Waals surface area contributed by atoms with E-state index >= 15 is 0 Å². The zero-order valence-corrected chi connectivity index (χ0v) is 22.5. The van der Waals surface area contributed by atoms with Crippen LogP contribution < -0.4 is 38.1 Å². The lowest BCUT2D eigenvalue weighted by Crippen LogP contribution is -2.58. The average molecular weight is 579 g/mol. The van der Waals surface area contributed by atoms with Gasteiger partial charge in [-0.3, -0.25) is 33.8 Å². The second-order valence-corrected chi connectivity index (χ2v) is 9.31. The molecule has 16 heteroatoms. The summed E-state index contributed by atoms with van der Waals surface area (Å²) < 4.78 is 0. The van der Waals surface area contributed by atoms with Crippen molar-refractivity contribution in [2.45, 2.75) is 49.9 Å². The molecule has 0 radical (unpaired) electrons. The summed E-state index contributed by atoms with van der Waals surface area (Å²) in [4.78, 5) is 79.9. The van der Waals surface area contributed by atoms with E-state index in [0.29, 0.717) is 12.0 Å². The number of carboxylic acids is 1. The zero-order valence-electron chi connectivity index (χ0n) is 21.6. The monoisotopic (exact) mass is 578 g/mol. The number of aliphatic carboxylic acids is 1. The standard InChI is InChI=1S/C24H34N8O7S/c25-24(26)27-8-4-7-14-21(37)32-17(12-40)23(39)30-15(9-13-5-2-1-3-6-13)22(38)31-16(10-19(34)35)20(36)28-11-18(33)29-14/h1-3,5-6,14-17,40H,4,7-12H2,(H,28,36)(H,29,33)(H,30,39)(H,31,38)(H,32,37)(H,34,35)(H4,25,26,27). The van der Waals surface area contributed by atoms with Gasteiger partial charge in [0, 0.05) is 18.7 Å². The van der Waals surface area contributed by atoms with Crippen molar-refractivity contribution >= 4 is 54.1 Å². The van der Waals surface area contributed by atoms with Gasteiger partial charge in [-0.15, -0.1) is 0 Å². The first-order valence-corrected chi connectivity index (χ1v) is 13.0. The fourth-order valence-electron chi connectivity index (χ4n) is 3.76. The molecule has 0 aliphatic carbocycles. The summed E-state index contributed by atoms with van der Waals surface area (Å²) in [5.41, 5.74) is 11.3. The Morgan fingerprint density at radius 1 is 0.875 bits per heavy atom. The molecule has 1 aliphatic heterocycles. The Balaban J connectivity index is 2.38. The van der Waals surface area contributed by atoms with Gasteiger partial charge in [0.15, 0.2) is 5.96 Å². The topological polar surface area (TPSA) is 247 Å². The summed E-state index contributed by atoms with van der Waals surface area (Å²) in [6.45, 7) is -0.440. The highest BCUT2D eigenvalue weighted by Crippen LogP contribution is 2.07. The Bertz CT molecular complexity index is 1110. The number of guanidine groups is 1. The van der Waals surface area contributed by atoms with E-state index in [4.69, 9.17) is 11.5 Å². The zero-order chi connectivity index (χ0) is 29.7. The molecule has 0 aromatic heterocycles. The number of nitrogens with two attached hydrogens (primary N) is 2. The fraction of sp³-hybridized carbons (Fsp3) is 0.458. The summed E-state index contributed by atoms with van der Waals surface area (Å²) in [6, 6.07) is 3.56. The van der Waals surface area contributed by atoms with Crippen molar-refractivity contribution in [3.05, 3.63) is 35.9 Å². The lowest BCUT2D eigenvalue weighted by Gasteiger charge is -2.25. The Hall–Kier alpha value is -4.34. The van der Waals surface area contributed by atoms with Gasteiger partial charge in [-0.25, -0.2) is 0 Å². The second kappa shape index (κ2) is 15.9. The van der Waals surface area contributed by atoms with Gasteiger partial charge in [0.05, 0.1) is 13.0 Å². The number of amides is 5. The highest BCUT2D eigenvalue weighted by atomic mass is 32.1. The van der Waals surface area contributed by atoms with Crippen molar-refractivity contribution in [3.63, 3.8) is 0 Å². The number of carbonyl (C=O) groups is 6. The Labute approximate surface area is 235 Å². The van der Waals surface area contributed by atoms with Crippen LogP contribution in [0.25, 0.3) is 0 Å². The van der Waals surface area contributed by atoms with Crippen LogP contribution in [0.4, 0.5) is 0 Å². The van der Waals surface area contributed by atoms with Gasteiger partial charge in [-0.2, -0.15) is 12.6 Å². The molecular weight excluding hydrogens is 544 g/mol. The maximum absolute atomic E-state index is 13.2. The Morgan fingerprint density at radius 3 is 2.10 bits per heavy atom. The summed E-state index contributed by atoms with van der Waals surface area (Å²) in [5.74, 6) is -5.66. The first-order chi connectivity index (χ1) is 19.0. The third kappa shape index (κ3) is 10.8.